The molecule has 2 saturated heterocycles. The van der Waals surface area contributed by atoms with Crippen LogP contribution in [0.2, 0.25) is 0 Å². The summed E-state index contributed by atoms with van der Waals surface area (Å²) in [7, 11) is 0. The Kier molecular flexibility index (Phi) is 3.83. The largest absolute Gasteiger partial charge is 0.332 e. The third kappa shape index (κ3) is 2.30. The Morgan fingerprint density at radius 1 is 1.39 bits per heavy atom. The van der Waals surface area contributed by atoms with Crippen LogP contribution in [0.5, 0.6) is 0 Å². The van der Waals surface area contributed by atoms with E-state index < -0.39 is 29.6 Å². The molecule has 1 aromatic carbocycles. The number of fused-ring (bicyclic) bond motifs is 1. The Bertz CT molecular complexity index is 685. The highest BCUT2D eigenvalue weighted by atomic mass is 19.3. The molecule has 2 heterocycles. The van der Waals surface area contributed by atoms with Crippen molar-refractivity contribution >= 4 is 5.91 Å². The van der Waals surface area contributed by atoms with Crippen molar-refractivity contribution in [3.8, 4) is 6.07 Å². The number of alkyl halides is 2. The summed E-state index contributed by atoms with van der Waals surface area (Å²) in [6, 6.07) is 5.18. The van der Waals surface area contributed by atoms with Crippen LogP contribution in [0.15, 0.2) is 18.2 Å². The van der Waals surface area contributed by atoms with Gasteiger partial charge in [-0.3, -0.25) is 4.79 Å². The standard InChI is InChI=1S/C17H17F3N2O/c1-2-17(15(19)20)8-13-3-4-14(22(13)16(17)23)11-5-10(9-21)6-12(18)7-11/h5-7,13-15H,2-4,8H2,1H3/t13-,14-,17+/m0/s1. The van der Waals surface area contributed by atoms with Gasteiger partial charge in [-0.1, -0.05) is 6.92 Å². The van der Waals surface area contributed by atoms with Crippen molar-refractivity contribution in [1.82, 2.24) is 4.90 Å². The molecule has 1 amide bonds. The lowest BCUT2D eigenvalue weighted by Crippen LogP contribution is -2.40. The zero-order chi connectivity index (χ0) is 16.8. The van der Waals surface area contributed by atoms with Gasteiger partial charge in [0, 0.05) is 6.04 Å². The van der Waals surface area contributed by atoms with Crippen molar-refractivity contribution in [2.45, 2.75) is 51.1 Å². The van der Waals surface area contributed by atoms with Crippen LogP contribution in [0.4, 0.5) is 13.2 Å². The summed E-state index contributed by atoms with van der Waals surface area (Å²) in [6.07, 6.45) is -1.22. The van der Waals surface area contributed by atoms with E-state index in [2.05, 4.69) is 0 Å². The Morgan fingerprint density at radius 3 is 2.74 bits per heavy atom. The van der Waals surface area contributed by atoms with Crippen LogP contribution in [0, 0.1) is 22.6 Å². The van der Waals surface area contributed by atoms with E-state index in [4.69, 9.17) is 5.26 Å². The zero-order valence-electron chi connectivity index (χ0n) is 12.7. The van der Waals surface area contributed by atoms with Gasteiger partial charge in [0.1, 0.15) is 11.2 Å². The fourth-order valence-corrected chi connectivity index (χ4v) is 3.98. The van der Waals surface area contributed by atoms with Crippen molar-refractivity contribution < 1.29 is 18.0 Å². The minimum absolute atomic E-state index is 0.0931. The van der Waals surface area contributed by atoms with Gasteiger partial charge in [0.25, 0.3) is 6.43 Å². The molecule has 0 N–H and O–H groups in total. The maximum absolute atomic E-state index is 13.7. The Hall–Kier alpha value is -2.03. The van der Waals surface area contributed by atoms with Gasteiger partial charge in [0.15, 0.2) is 0 Å². The summed E-state index contributed by atoms with van der Waals surface area (Å²) < 4.78 is 40.7. The molecule has 2 aliphatic heterocycles. The van der Waals surface area contributed by atoms with Gasteiger partial charge >= 0.3 is 0 Å². The normalized spacial score (nSPS) is 29.9. The van der Waals surface area contributed by atoms with Crippen LogP contribution in [-0.2, 0) is 4.79 Å². The minimum Gasteiger partial charge on any atom is -0.332 e. The first-order chi connectivity index (χ1) is 10.9. The second-order valence-electron chi connectivity index (χ2n) is 6.36. The Balaban J connectivity index is 1.98. The number of benzene rings is 1. The summed E-state index contributed by atoms with van der Waals surface area (Å²) in [5.41, 5.74) is -0.932. The topological polar surface area (TPSA) is 44.1 Å². The number of rotatable bonds is 3. The summed E-state index contributed by atoms with van der Waals surface area (Å²) in [6.45, 7) is 1.61. The van der Waals surface area contributed by atoms with Gasteiger partial charge in [-0.25, -0.2) is 13.2 Å². The molecule has 1 aromatic rings. The van der Waals surface area contributed by atoms with Crippen molar-refractivity contribution in [1.29, 1.82) is 5.26 Å². The molecule has 0 unspecified atom stereocenters. The van der Waals surface area contributed by atoms with Gasteiger partial charge in [0.2, 0.25) is 5.91 Å². The number of carbonyl (C=O) groups is 1. The third-order valence-electron chi connectivity index (χ3n) is 5.25. The number of amides is 1. The number of hydrogen-bond donors (Lipinski definition) is 0. The molecule has 2 fully saturated rings. The first-order valence-electron chi connectivity index (χ1n) is 7.74. The average Bonchev–Trinajstić information content (AvgIpc) is 3.05. The lowest BCUT2D eigenvalue weighted by atomic mass is 9.81. The summed E-state index contributed by atoms with van der Waals surface area (Å²) in [5, 5.41) is 8.97. The summed E-state index contributed by atoms with van der Waals surface area (Å²) >= 11 is 0. The molecule has 0 aromatic heterocycles. The fourth-order valence-electron chi connectivity index (χ4n) is 3.98. The molecule has 0 aliphatic carbocycles. The maximum atomic E-state index is 13.7. The second kappa shape index (κ2) is 5.55. The van der Waals surface area contributed by atoms with Gasteiger partial charge in [0.05, 0.1) is 17.7 Å². The predicted molar refractivity (Wildman–Crippen MR) is 77.1 cm³/mol. The van der Waals surface area contributed by atoms with E-state index in [1.807, 2.05) is 6.07 Å². The minimum atomic E-state index is -2.70. The zero-order valence-corrected chi connectivity index (χ0v) is 12.7. The van der Waals surface area contributed by atoms with Crippen LogP contribution < -0.4 is 0 Å². The molecule has 0 radical (unpaired) electrons. The molecule has 23 heavy (non-hydrogen) atoms. The van der Waals surface area contributed by atoms with Crippen LogP contribution in [0.1, 0.15) is 49.8 Å². The molecule has 2 aliphatic rings. The molecule has 3 nitrogen and oxygen atoms in total. The van der Waals surface area contributed by atoms with Gasteiger partial charge in [-0.2, -0.15) is 5.26 Å². The number of hydrogen-bond acceptors (Lipinski definition) is 2. The van der Waals surface area contributed by atoms with Crippen molar-refractivity contribution in [2.24, 2.45) is 5.41 Å². The lowest BCUT2D eigenvalue weighted by Gasteiger charge is -2.29. The molecule has 6 heteroatoms. The van der Waals surface area contributed by atoms with Crippen molar-refractivity contribution in [2.75, 3.05) is 0 Å². The Labute approximate surface area is 132 Å². The van der Waals surface area contributed by atoms with Crippen LogP contribution in [0.3, 0.4) is 0 Å². The number of carbonyl (C=O) groups excluding carboxylic acids is 1. The number of nitriles is 1. The molecule has 0 saturated carbocycles. The molecular weight excluding hydrogens is 305 g/mol. The molecule has 0 spiro atoms. The van der Waals surface area contributed by atoms with Gasteiger partial charge < -0.3 is 4.90 Å². The third-order valence-corrected chi connectivity index (χ3v) is 5.25. The van der Waals surface area contributed by atoms with E-state index in [0.29, 0.717) is 18.4 Å². The van der Waals surface area contributed by atoms with Crippen LogP contribution >= 0.6 is 0 Å². The fraction of sp³-hybridized carbons (Fsp3) is 0.529. The number of halogens is 3. The van der Waals surface area contributed by atoms with Crippen molar-refractivity contribution in [3.63, 3.8) is 0 Å². The van der Waals surface area contributed by atoms with Crippen LogP contribution in [0.25, 0.3) is 0 Å². The average molecular weight is 322 g/mol. The molecule has 0 bridgehead atoms. The van der Waals surface area contributed by atoms with E-state index in [9.17, 15) is 18.0 Å². The Morgan fingerprint density at radius 2 is 2.13 bits per heavy atom. The highest BCUT2D eigenvalue weighted by molar-refractivity contribution is 5.86. The first kappa shape index (κ1) is 15.9. The quantitative estimate of drug-likeness (QED) is 0.850. The molecule has 3 rings (SSSR count). The van der Waals surface area contributed by atoms with Crippen molar-refractivity contribution in [3.05, 3.63) is 35.1 Å². The van der Waals surface area contributed by atoms with E-state index >= 15 is 0 Å². The number of nitrogens with zero attached hydrogens (tertiary/aromatic N) is 2. The first-order valence-corrected chi connectivity index (χ1v) is 7.74. The van der Waals surface area contributed by atoms with Gasteiger partial charge in [-0.15, -0.1) is 0 Å². The van der Waals surface area contributed by atoms with E-state index in [1.54, 1.807) is 6.92 Å². The molecular formula is C17H17F3N2O. The van der Waals surface area contributed by atoms with E-state index in [1.165, 1.54) is 17.0 Å². The highest BCUT2D eigenvalue weighted by Crippen LogP contribution is 2.52. The molecule has 122 valence electrons. The van der Waals surface area contributed by atoms with E-state index in [0.717, 1.165) is 6.07 Å². The van der Waals surface area contributed by atoms with E-state index in [-0.39, 0.29) is 24.4 Å². The smallest absolute Gasteiger partial charge is 0.252 e. The SMILES string of the molecule is CC[C@]1(C(F)F)C[C@@H]2CC[C@@H](c3cc(F)cc(C#N)c3)N2C1=O. The summed E-state index contributed by atoms with van der Waals surface area (Å²) in [5.74, 6) is -1.09. The predicted octanol–water partition coefficient (Wildman–Crippen LogP) is 3.79. The maximum Gasteiger partial charge on any atom is 0.252 e. The second-order valence-corrected chi connectivity index (χ2v) is 6.36. The van der Waals surface area contributed by atoms with Gasteiger partial charge in [-0.05, 0) is 49.4 Å². The van der Waals surface area contributed by atoms with Crippen LogP contribution in [-0.4, -0.2) is 23.3 Å². The highest BCUT2D eigenvalue weighted by Gasteiger charge is 2.59. The lowest BCUT2D eigenvalue weighted by molar-refractivity contribution is -0.146. The monoisotopic (exact) mass is 322 g/mol. The summed E-state index contributed by atoms with van der Waals surface area (Å²) in [4.78, 5) is 14.2. The molecule has 3 atom stereocenters.